The van der Waals surface area contributed by atoms with Crippen molar-refractivity contribution in [3.05, 3.63) is 58.6 Å². The van der Waals surface area contributed by atoms with Gasteiger partial charge in [-0.3, -0.25) is 14.9 Å². The number of carbonyl (C=O) groups is 2. The van der Waals surface area contributed by atoms with Crippen LogP contribution in [0.15, 0.2) is 47.6 Å². The first kappa shape index (κ1) is 24.4. The van der Waals surface area contributed by atoms with Crippen LogP contribution in [-0.4, -0.2) is 45.0 Å². The van der Waals surface area contributed by atoms with Crippen LogP contribution < -0.4 is 5.32 Å². The zero-order valence-electron chi connectivity index (χ0n) is 19.8. The fourth-order valence-electron chi connectivity index (χ4n) is 4.07. The van der Waals surface area contributed by atoms with Crippen LogP contribution in [0.5, 0.6) is 0 Å². The summed E-state index contributed by atoms with van der Waals surface area (Å²) in [6.45, 7) is 7.69. The Balaban J connectivity index is 1.47. The van der Waals surface area contributed by atoms with E-state index in [1.165, 1.54) is 28.7 Å². The molecular weight excluding hydrogens is 464 g/mol. The van der Waals surface area contributed by atoms with Gasteiger partial charge in [-0.1, -0.05) is 49.4 Å². The zero-order valence-corrected chi connectivity index (χ0v) is 21.5. The molecule has 1 aliphatic heterocycles. The molecule has 4 rings (SSSR count). The Labute approximate surface area is 209 Å². The predicted molar refractivity (Wildman–Crippen MR) is 140 cm³/mol. The summed E-state index contributed by atoms with van der Waals surface area (Å²) in [5.74, 6) is -0.167. The van der Waals surface area contributed by atoms with Crippen molar-refractivity contribution in [1.82, 2.24) is 14.9 Å². The number of carbonyl (C=O) groups excluding carboxylic acids is 2. The summed E-state index contributed by atoms with van der Waals surface area (Å²) in [5.41, 5.74) is 3.69. The second kappa shape index (κ2) is 11.1. The quantitative estimate of drug-likeness (QED) is 0.399. The van der Waals surface area contributed by atoms with Crippen molar-refractivity contribution >= 4 is 40.0 Å². The van der Waals surface area contributed by atoms with Gasteiger partial charge in [0.15, 0.2) is 5.13 Å². The zero-order chi connectivity index (χ0) is 24.1. The summed E-state index contributed by atoms with van der Waals surface area (Å²) in [7, 11) is 0. The highest BCUT2D eigenvalue weighted by molar-refractivity contribution is 8.00. The van der Waals surface area contributed by atoms with Crippen LogP contribution >= 0.6 is 23.1 Å². The fourth-order valence-corrected chi connectivity index (χ4v) is 5.90. The highest BCUT2D eigenvalue weighted by atomic mass is 32.2. The standard InChI is InChI=1S/C26H30N4O2S2/c1-4-8-19-10-12-20(13-11-19)22-17(2)34-26(28-22)29-23(31)21-9-7-14-27-24(21)33-18(3)25(32)30-15-5-6-16-30/h7,9-14,18H,4-6,8,15-16H2,1-3H3,(H,28,29,31). The van der Waals surface area contributed by atoms with E-state index in [0.29, 0.717) is 15.7 Å². The van der Waals surface area contributed by atoms with Crippen LogP contribution in [0.3, 0.4) is 0 Å². The first-order chi connectivity index (χ1) is 16.5. The molecular formula is C26H30N4O2S2. The lowest BCUT2D eigenvalue weighted by molar-refractivity contribution is -0.129. The molecule has 1 unspecified atom stereocenters. The average Bonchev–Trinajstić information content (AvgIpc) is 3.50. The summed E-state index contributed by atoms with van der Waals surface area (Å²) in [5, 5.41) is 3.74. The Morgan fingerprint density at radius 3 is 2.62 bits per heavy atom. The number of benzene rings is 1. The summed E-state index contributed by atoms with van der Waals surface area (Å²) in [4.78, 5) is 37.9. The van der Waals surface area contributed by atoms with Gasteiger partial charge in [-0.2, -0.15) is 0 Å². The maximum Gasteiger partial charge on any atom is 0.260 e. The van der Waals surface area contributed by atoms with Gasteiger partial charge in [-0.25, -0.2) is 9.97 Å². The lowest BCUT2D eigenvalue weighted by Crippen LogP contribution is -2.34. The number of hydrogen-bond donors (Lipinski definition) is 1. The van der Waals surface area contributed by atoms with Gasteiger partial charge in [0.2, 0.25) is 5.91 Å². The van der Waals surface area contributed by atoms with Gasteiger partial charge in [-0.15, -0.1) is 11.3 Å². The molecule has 34 heavy (non-hydrogen) atoms. The molecule has 1 aliphatic rings. The molecule has 0 spiro atoms. The molecule has 1 atom stereocenters. The number of nitrogens with zero attached hydrogens (tertiary/aromatic N) is 3. The van der Waals surface area contributed by atoms with Crippen molar-refractivity contribution in [2.24, 2.45) is 0 Å². The van der Waals surface area contributed by atoms with Crippen molar-refractivity contribution in [2.75, 3.05) is 18.4 Å². The summed E-state index contributed by atoms with van der Waals surface area (Å²) >= 11 is 2.79. The number of thioether (sulfide) groups is 1. The van der Waals surface area contributed by atoms with Gasteiger partial charge in [-0.05, 0) is 50.8 Å². The van der Waals surface area contributed by atoms with Gasteiger partial charge in [0.25, 0.3) is 5.91 Å². The molecule has 8 heteroatoms. The minimum atomic E-state index is -0.302. The number of pyridine rings is 1. The van der Waals surface area contributed by atoms with E-state index in [9.17, 15) is 9.59 Å². The Morgan fingerprint density at radius 2 is 1.91 bits per heavy atom. The number of aryl methyl sites for hydroxylation is 2. The maximum atomic E-state index is 13.1. The third-order valence-corrected chi connectivity index (χ3v) is 7.84. The molecule has 1 N–H and O–H groups in total. The van der Waals surface area contributed by atoms with E-state index < -0.39 is 0 Å². The third kappa shape index (κ3) is 5.67. The second-order valence-corrected chi connectivity index (χ2v) is 11.0. The van der Waals surface area contributed by atoms with Crippen LogP contribution in [0, 0.1) is 6.92 Å². The predicted octanol–water partition coefficient (Wildman–Crippen LogP) is 5.82. The van der Waals surface area contributed by atoms with Gasteiger partial charge in [0, 0.05) is 29.7 Å². The highest BCUT2D eigenvalue weighted by Gasteiger charge is 2.26. The number of likely N-dealkylation sites (tertiary alicyclic amines) is 1. The fraction of sp³-hybridized carbons (Fsp3) is 0.385. The Morgan fingerprint density at radius 1 is 1.18 bits per heavy atom. The summed E-state index contributed by atoms with van der Waals surface area (Å²) in [6, 6.07) is 11.9. The van der Waals surface area contributed by atoms with Crippen LogP contribution in [-0.2, 0) is 11.2 Å². The molecule has 6 nitrogen and oxygen atoms in total. The Kier molecular flexibility index (Phi) is 8.00. The number of rotatable bonds is 8. The molecule has 1 saturated heterocycles. The summed E-state index contributed by atoms with van der Waals surface area (Å²) < 4.78 is 0. The van der Waals surface area contributed by atoms with E-state index in [1.54, 1.807) is 18.3 Å². The molecule has 0 bridgehead atoms. The van der Waals surface area contributed by atoms with Gasteiger partial charge < -0.3 is 4.90 Å². The largest absolute Gasteiger partial charge is 0.342 e. The molecule has 3 aromatic rings. The molecule has 1 aromatic carbocycles. The molecule has 2 aromatic heterocycles. The number of hydrogen-bond acceptors (Lipinski definition) is 6. The van der Waals surface area contributed by atoms with E-state index in [0.717, 1.165) is 54.9 Å². The molecule has 178 valence electrons. The van der Waals surface area contributed by atoms with Crippen molar-refractivity contribution in [1.29, 1.82) is 0 Å². The van der Waals surface area contributed by atoms with E-state index in [-0.39, 0.29) is 17.1 Å². The molecule has 0 aliphatic carbocycles. The van der Waals surface area contributed by atoms with Crippen LogP contribution in [0.1, 0.15) is 53.9 Å². The Bertz CT molecular complexity index is 1150. The van der Waals surface area contributed by atoms with Crippen molar-refractivity contribution < 1.29 is 9.59 Å². The van der Waals surface area contributed by atoms with E-state index in [2.05, 4.69) is 41.5 Å². The normalized spacial score (nSPS) is 14.3. The minimum absolute atomic E-state index is 0.102. The van der Waals surface area contributed by atoms with Crippen molar-refractivity contribution in [3.63, 3.8) is 0 Å². The SMILES string of the molecule is CCCc1ccc(-c2nc(NC(=O)c3cccnc3SC(C)C(=O)N3CCCC3)sc2C)cc1. The van der Waals surface area contributed by atoms with Crippen molar-refractivity contribution in [2.45, 2.75) is 56.7 Å². The lowest BCUT2D eigenvalue weighted by atomic mass is 10.1. The van der Waals surface area contributed by atoms with Gasteiger partial charge >= 0.3 is 0 Å². The summed E-state index contributed by atoms with van der Waals surface area (Å²) in [6.07, 6.45) is 5.94. The van der Waals surface area contributed by atoms with Gasteiger partial charge in [0.1, 0.15) is 5.03 Å². The second-order valence-electron chi connectivity index (χ2n) is 8.47. The molecule has 0 saturated carbocycles. The third-order valence-electron chi connectivity index (χ3n) is 5.85. The van der Waals surface area contributed by atoms with Crippen molar-refractivity contribution in [3.8, 4) is 11.3 Å². The van der Waals surface area contributed by atoms with Crippen LogP contribution in [0.25, 0.3) is 11.3 Å². The molecule has 2 amide bonds. The smallest absolute Gasteiger partial charge is 0.260 e. The lowest BCUT2D eigenvalue weighted by Gasteiger charge is -2.20. The first-order valence-corrected chi connectivity index (χ1v) is 13.4. The number of thiazole rings is 1. The van der Waals surface area contributed by atoms with Crippen LogP contribution in [0.4, 0.5) is 5.13 Å². The average molecular weight is 495 g/mol. The highest BCUT2D eigenvalue weighted by Crippen LogP contribution is 2.32. The maximum absolute atomic E-state index is 13.1. The Hall–Kier alpha value is -2.71. The number of anilines is 1. The molecule has 1 fully saturated rings. The topological polar surface area (TPSA) is 75.2 Å². The van der Waals surface area contributed by atoms with E-state index in [1.807, 2.05) is 18.7 Å². The van der Waals surface area contributed by atoms with E-state index >= 15 is 0 Å². The minimum Gasteiger partial charge on any atom is -0.342 e. The number of nitrogens with one attached hydrogen (secondary N) is 1. The van der Waals surface area contributed by atoms with E-state index in [4.69, 9.17) is 4.98 Å². The number of aromatic nitrogens is 2. The first-order valence-electron chi connectivity index (χ1n) is 11.7. The molecule has 0 radical (unpaired) electrons. The number of amides is 2. The van der Waals surface area contributed by atoms with Crippen LogP contribution in [0.2, 0.25) is 0 Å². The monoisotopic (exact) mass is 494 g/mol. The van der Waals surface area contributed by atoms with Gasteiger partial charge in [0.05, 0.1) is 16.5 Å². The molecule has 3 heterocycles.